The fourth-order valence-electron chi connectivity index (χ4n) is 2.66. The third kappa shape index (κ3) is 8.59. The molecule has 7 N–H and O–H groups in total. The van der Waals surface area contributed by atoms with E-state index < -0.39 is 29.9 Å². The molecule has 0 aromatic carbocycles. The van der Waals surface area contributed by atoms with E-state index in [9.17, 15) is 19.2 Å². The number of unbranched alkanes of at least 4 members (excludes halogenated alkanes) is 1. The fourth-order valence-corrected chi connectivity index (χ4v) is 2.91. The predicted molar refractivity (Wildman–Crippen MR) is 102 cm³/mol. The van der Waals surface area contributed by atoms with E-state index in [-0.39, 0.29) is 24.2 Å². The minimum absolute atomic E-state index is 0.0744. The Bertz CT molecular complexity index is 527. The normalized spacial score (nSPS) is 18.4. The molecule has 10 nitrogen and oxygen atoms in total. The van der Waals surface area contributed by atoms with Gasteiger partial charge in [-0.25, -0.2) is 4.79 Å². The Balaban J connectivity index is 2.55. The van der Waals surface area contributed by atoms with Gasteiger partial charge in [-0.2, -0.15) is 12.6 Å². The molecule has 1 aliphatic heterocycles. The van der Waals surface area contributed by atoms with E-state index in [1.54, 1.807) is 0 Å². The monoisotopic (exact) mass is 403 g/mol. The molecule has 1 heterocycles. The summed E-state index contributed by atoms with van der Waals surface area (Å²) in [6.45, 7) is 0.956. The Kier molecular flexibility index (Phi) is 10.8. The lowest BCUT2D eigenvalue weighted by Crippen LogP contribution is -2.54. The van der Waals surface area contributed by atoms with E-state index in [1.165, 1.54) is 0 Å². The molecule has 3 amide bonds. The average Bonchev–Trinajstić information content (AvgIpc) is 3.17. The van der Waals surface area contributed by atoms with Gasteiger partial charge in [0.05, 0.1) is 12.6 Å². The molecule has 1 fully saturated rings. The van der Waals surface area contributed by atoms with Crippen molar-refractivity contribution in [3.05, 3.63) is 0 Å². The standard InChI is InChI=1S/C16H29N5O5S/c17-6-2-1-4-11(15(24)21-12(9-27)16(25)26)20-13(22)8-19-14(23)10-5-3-7-18-10/h10-12,18,27H,1-9,17H2,(H,19,23)(H,20,22)(H,21,24)(H,25,26). The summed E-state index contributed by atoms with van der Waals surface area (Å²) in [6.07, 6.45) is 3.19. The van der Waals surface area contributed by atoms with Crippen molar-refractivity contribution in [2.24, 2.45) is 5.73 Å². The van der Waals surface area contributed by atoms with Gasteiger partial charge in [-0.05, 0) is 45.2 Å². The molecule has 0 saturated carbocycles. The van der Waals surface area contributed by atoms with Crippen LogP contribution < -0.4 is 27.0 Å². The van der Waals surface area contributed by atoms with Crippen LogP contribution in [-0.4, -0.2) is 72.3 Å². The lowest BCUT2D eigenvalue weighted by atomic mass is 10.1. The highest BCUT2D eigenvalue weighted by Crippen LogP contribution is 2.05. The van der Waals surface area contributed by atoms with E-state index >= 15 is 0 Å². The molecule has 1 aliphatic rings. The Morgan fingerprint density at radius 3 is 2.48 bits per heavy atom. The van der Waals surface area contributed by atoms with Gasteiger partial charge in [-0.1, -0.05) is 0 Å². The minimum atomic E-state index is -1.21. The Morgan fingerprint density at radius 1 is 1.19 bits per heavy atom. The van der Waals surface area contributed by atoms with Crippen LogP contribution in [0.1, 0.15) is 32.1 Å². The topological polar surface area (TPSA) is 163 Å². The van der Waals surface area contributed by atoms with E-state index in [0.29, 0.717) is 25.8 Å². The van der Waals surface area contributed by atoms with Crippen molar-refractivity contribution in [3.63, 3.8) is 0 Å². The molecule has 0 spiro atoms. The quantitative estimate of drug-likeness (QED) is 0.146. The van der Waals surface area contributed by atoms with Crippen LogP contribution in [0.5, 0.6) is 0 Å². The number of thiol groups is 1. The molecule has 1 rings (SSSR count). The summed E-state index contributed by atoms with van der Waals surface area (Å²) in [6, 6.07) is -2.36. The molecular formula is C16H29N5O5S. The maximum Gasteiger partial charge on any atom is 0.327 e. The van der Waals surface area contributed by atoms with Gasteiger partial charge in [0.2, 0.25) is 17.7 Å². The number of hydrogen-bond donors (Lipinski definition) is 7. The zero-order valence-electron chi connectivity index (χ0n) is 15.2. The summed E-state index contributed by atoms with van der Waals surface area (Å²) in [4.78, 5) is 47.4. The van der Waals surface area contributed by atoms with Crippen molar-refractivity contribution in [2.75, 3.05) is 25.4 Å². The van der Waals surface area contributed by atoms with Crippen molar-refractivity contribution >= 4 is 36.3 Å². The Hall–Kier alpha value is -1.85. The zero-order valence-corrected chi connectivity index (χ0v) is 16.1. The van der Waals surface area contributed by atoms with E-state index in [0.717, 1.165) is 19.4 Å². The van der Waals surface area contributed by atoms with Crippen molar-refractivity contribution in [1.29, 1.82) is 0 Å². The largest absolute Gasteiger partial charge is 0.480 e. The van der Waals surface area contributed by atoms with Crippen LogP contribution in [0.25, 0.3) is 0 Å². The van der Waals surface area contributed by atoms with Gasteiger partial charge >= 0.3 is 5.97 Å². The number of hydrogen-bond acceptors (Lipinski definition) is 7. The highest BCUT2D eigenvalue weighted by atomic mass is 32.1. The molecule has 3 atom stereocenters. The molecule has 0 aromatic heterocycles. The highest BCUT2D eigenvalue weighted by molar-refractivity contribution is 7.80. The molecule has 154 valence electrons. The molecule has 3 unspecified atom stereocenters. The summed E-state index contributed by atoms with van der Waals surface area (Å²) in [5, 5.41) is 19.5. The number of rotatable bonds is 12. The van der Waals surface area contributed by atoms with Gasteiger partial charge in [0.1, 0.15) is 12.1 Å². The number of amides is 3. The van der Waals surface area contributed by atoms with Gasteiger partial charge in [-0.3, -0.25) is 14.4 Å². The van der Waals surface area contributed by atoms with Crippen LogP contribution >= 0.6 is 12.6 Å². The lowest BCUT2D eigenvalue weighted by molar-refractivity contribution is -0.141. The van der Waals surface area contributed by atoms with Gasteiger partial charge in [0.25, 0.3) is 0 Å². The first kappa shape index (κ1) is 23.2. The van der Waals surface area contributed by atoms with Crippen molar-refractivity contribution in [2.45, 2.75) is 50.2 Å². The molecule has 0 aliphatic carbocycles. The fraction of sp³-hybridized carbons (Fsp3) is 0.750. The number of nitrogens with two attached hydrogens (primary N) is 1. The van der Waals surface area contributed by atoms with Crippen molar-refractivity contribution in [3.8, 4) is 0 Å². The van der Waals surface area contributed by atoms with Gasteiger partial charge in [0, 0.05) is 5.75 Å². The van der Waals surface area contributed by atoms with Crippen molar-refractivity contribution < 1.29 is 24.3 Å². The summed E-state index contributed by atoms with van der Waals surface area (Å²) < 4.78 is 0. The highest BCUT2D eigenvalue weighted by Gasteiger charge is 2.26. The number of carboxylic acids is 1. The first-order chi connectivity index (χ1) is 12.9. The molecular weight excluding hydrogens is 374 g/mol. The van der Waals surface area contributed by atoms with E-state index in [4.69, 9.17) is 10.8 Å². The molecule has 1 saturated heterocycles. The Labute approximate surface area is 163 Å². The molecule has 0 bridgehead atoms. The summed E-state index contributed by atoms with van der Waals surface area (Å²) in [5.41, 5.74) is 5.45. The van der Waals surface area contributed by atoms with Crippen LogP contribution in [0.15, 0.2) is 0 Å². The molecule has 0 aromatic rings. The van der Waals surface area contributed by atoms with E-state index in [1.807, 2.05) is 0 Å². The van der Waals surface area contributed by atoms with Crippen LogP contribution in [0, 0.1) is 0 Å². The summed E-state index contributed by atoms with van der Waals surface area (Å²) >= 11 is 3.90. The summed E-state index contributed by atoms with van der Waals surface area (Å²) in [7, 11) is 0. The maximum atomic E-state index is 12.3. The average molecular weight is 404 g/mol. The Morgan fingerprint density at radius 2 is 1.93 bits per heavy atom. The van der Waals surface area contributed by atoms with E-state index in [2.05, 4.69) is 33.9 Å². The number of nitrogens with one attached hydrogen (secondary N) is 4. The van der Waals surface area contributed by atoms with Crippen molar-refractivity contribution in [1.82, 2.24) is 21.3 Å². The third-order valence-corrected chi connectivity index (χ3v) is 4.56. The number of carbonyl (C=O) groups is 4. The lowest BCUT2D eigenvalue weighted by Gasteiger charge is -2.21. The second-order valence-corrected chi connectivity index (χ2v) is 6.72. The SMILES string of the molecule is NCCCCC(NC(=O)CNC(=O)C1CCCN1)C(=O)NC(CS)C(=O)O. The van der Waals surface area contributed by atoms with Crippen LogP contribution in [0.2, 0.25) is 0 Å². The van der Waals surface area contributed by atoms with Gasteiger partial charge in [0.15, 0.2) is 0 Å². The molecule has 11 heteroatoms. The predicted octanol–water partition coefficient (Wildman–Crippen LogP) is -2.03. The third-order valence-electron chi connectivity index (χ3n) is 4.20. The number of carboxylic acid groups (broad SMARTS) is 1. The number of carbonyl (C=O) groups excluding carboxylic acids is 3. The van der Waals surface area contributed by atoms with Crippen LogP contribution in [0.4, 0.5) is 0 Å². The van der Waals surface area contributed by atoms with Gasteiger partial charge < -0.3 is 32.1 Å². The first-order valence-electron chi connectivity index (χ1n) is 9.03. The second kappa shape index (κ2) is 12.5. The minimum Gasteiger partial charge on any atom is -0.480 e. The smallest absolute Gasteiger partial charge is 0.327 e. The summed E-state index contributed by atoms with van der Waals surface area (Å²) in [5.74, 6) is -2.67. The first-order valence-corrected chi connectivity index (χ1v) is 9.66. The maximum absolute atomic E-state index is 12.3. The molecule has 27 heavy (non-hydrogen) atoms. The van der Waals surface area contributed by atoms with Crippen LogP contribution in [-0.2, 0) is 19.2 Å². The second-order valence-electron chi connectivity index (χ2n) is 6.35. The number of aliphatic carboxylic acids is 1. The molecule has 0 radical (unpaired) electrons. The van der Waals surface area contributed by atoms with Gasteiger partial charge in [-0.15, -0.1) is 0 Å². The van der Waals surface area contributed by atoms with Crippen LogP contribution in [0.3, 0.4) is 0 Å². The zero-order chi connectivity index (χ0) is 20.2.